The molecule has 0 bridgehead atoms. The van der Waals surface area contributed by atoms with Gasteiger partial charge in [0, 0.05) is 6.61 Å². The number of rotatable bonds is 7. The molecule has 0 amide bonds. The van der Waals surface area contributed by atoms with Gasteiger partial charge in [-0.1, -0.05) is 20.3 Å². The van der Waals surface area contributed by atoms with E-state index >= 15 is 0 Å². The van der Waals surface area contributed by atoms with Crippen LogP contribution in [0.5, 0.6) is 0 Å². The fraction of sp³-hybridized carbons (Fsp3) is 0.900. The van der Waals surface area contributed by atoms with Gasteiger partial charge in [-0.2, -0.15) is 0 Å². The number of carbonyl (C=O) groups is 1. The molecule has 0 spiro atoms. The summed E-state index contributed by atoms with van der Waals surface area (Å²) in [5.41, 5.74) is 0. The van der Waals surface area contributed by atoms with Gasteiger partial charge in [-0.3, -0.25) is 0 Å². The number of unbranched alkanes of at least 4 members (excludes halogenated alkanes) is 1. The van der Waals surface area contributed by atoms with Crippen LogP contribution in [-0.4, -0.2) is 32.6 Å². The van der Waals surface area contributed by atoms with Crippen LogP contribution in [0, 0.1) is 0 Å². The monoisotopic (exact) mass is 204 g/mol. The second kappa shape index (κ2) is 8.81. The van der Waals surface area contributed by atoms with E-state index in [4.69, 9.17) is 9.47 Å². The second-order valence-corrected chi connectivity index (χ2v) is 3.03. The Morgan fingerprint density at radius 2 is 2.07 bits per heavy atom. The minimum Gasteiger partial charge on any atom is -0.438 e. The Balaban J connectivity index is 3.52. The number of methoxy groups -OCH3 is 1. The molecule has 4 heteroatoms. The van der Waals surface area contributed by atoms with Crippen LogP contribution in [0.1, 0.15) is 33.1 Å². The van der Waals surface area contributed by atoms with Crippen LogP contribution < -0.4 is 0 Å². The minimum atomic E-state index is -0.643. The van der Waals surface area contributed by atoms with Crippen molar-refractivity contribution in [2.75, 3.05) is 20.3 Å². The first-order valence-corrected chi connectivity index (χ1v) is 5.06. The highest BCUT2D eigenvalue weighted by Crippen LogP contribution is 2.01. The molecule has 14 heavy (non-hydrogen) atoms. The molecule has 84 valence electrons. The quantitative estimate of drug-likeness (QED) is 0.471. The number of carbonyl (C=O) groups excluding carboxylic acids is 1. The molecule has 1 unspecified atom stereocenters. The first kappa shape index (κ1) is 13.2. The first-order chi connectivity index (χ1) is 6.74. The van der Waals surface area contributed by atoms with Crippen LogP contribution >= 0.6 is 0 Å². The Morgan fingerprint density at radius 3 is 2.57 bits per heavy atom. The van der Waals surface area contributed by atoms with E-state index in [1.54, 1.807) is 0 Å². The summed E-state index contributed by atoms with van der Waals surface area (Å²) in [6, 6.07) is 0. The molecule has 0 saturated carbocycles. The molecule has 0 aromatic heterocycles. The van der Waals surface area contributed by atoms with E-state index in [0.717, 1.165) is 25.9 Å². The molecule has 1 atom stereocenters. The van der Waals surface area contributed by atoms with E-state index in [9.17, 15) is 4.79 Å². The normalized spacial score (nSPS) is 12.2. The molecule has 0 N–H and O–H groups in total. The summed E-state index contributed by atoms with van der Waals surface area (Å²) < 4.78 is 14.7. The summed E-state index contributed by atoms with van der Waals surface area (Å²) in [5, 5.41) is 0. The molecular formula is C10H20O4. The zero-order valence-electron chi connectivity index (χ0n) is 9.25. The molecule has 0 aromatic carbocycles. The number of ether oxygens (including phenoxy) is 3. The van der Waals surface area contributed by atoms with Gasteiger partial charge in [-0.15, -0.1) is 0 Å². The van der Waals surface area contributed by atoms with Gasteiger partial charge in [-0.25, -0.2) is 4.79 Å². The van der Waals surface area contributed by atoms with Crippen molar-refractivity contribution in [1.29, 1.82) is 0 Å². The van der Waals surface area contributed by atoms with E-state index in [1.807, 2.05) is 6.92 Å². The van der Waals surface area contributed by atoms with E-state index in [1.165, 1.54) is 7.11 Å². The lowest BCUT2D eigenvalue weighted by Crippen LogP contribution is -2.23. The highest BCUT2D eigenvalue weighted by atomic mass is 16.7. The van der Waals surface area contributed by atoms with Gasteiger partial charge in [0.25, 0.3) is 0 Å². The molecule has 0 aliphatic heterocycles. The van der Waals surface area contributed by atoms with E-state index in [0.29, 0.717) is 6.61 Å². The summed E-state index contributed by atoms with van der Waals surface area (Å²) in [6.07, 6.45) is 2.04. The molecule has 0 rings (SSSR count). The average Bonchev–Trinajstić information content (AvgIpc) is 2.22. The van der Waals surface area contributed by atoms with Crippen molar-refractivity contribution in [3.63, 3.8) is 0 Å². The van der Waals surface area contributed by atoms with Crippen LogP contribution in [0.4, 0.5) is 4.79 Å². The summed E-state index contributed by atoms with van der Waals surface area (Å²) in [7, 11) is 1.30. The third kappa shape index (κ3) is 6.71. The highest BCUT2D eigenvalue weighted by molar-refractivity contribution is 5.59. The third-order valence-corrected chi connectivity index (χ3v) is 1.83. The van der Waals surface area contributed by atoms with E-state index < -0.39 is 6.16 Å². The summed E-state index contributed by atoms with van der Waals surface area (Å²) in [4.78, 5) is 10.8. The molecule has 0 aromatic rings. The van der Waals surface area contributed by atoms with Crippen molar-refractivity contribution >= 4 is 6.16 Å². The van der Waals surface area contributed by atoms with Crippen molar-refractivity contribution < 1.29 is 19.0 Å². The smallest absolute Gasteiger partial charge is 0.438 e. The van der Waals surface area contributed by atoms with E-state index in [-0.39, 0.29) is 6.10 Å². The van der Waals surface area contributed by atoms with Crippen LogP contribution in [0.15, 0.2) is 0 Å². The van der Waals surface area contributed by atoms with Crippen LogP contribution in [0.2, 0.25) is 0 Å². The lowest BCUT2D eigenvalue weighted by molar-refractivity contribution is -0.0108. The molecule has 0 heterocycles. The Labute approximate surface area is 85.5 Å². The van der Waals surface area contributed by atoms with Crippen molar-refractivity contribution in [3.8, 4) is 0 Å². The van der Waals surface area contributed by atoms with Gasteiger partial charge in [0.1, 0.15) is 6.10 Å². The lowest BCUT2D eigenvalue weighted by atomic mass is 10.3. The zero-order valence-corrected chi connectivity index (χ0v) is 9.25. The number of hydrogen-bond acceptors (Lipinski definition) is 4. The van der Waals surface area contributed by atoms with Crippen molar-refractivity contribution in [2.24, 2.45) is 0 Å². The minimum absolute atomic E-state index is 0.195. The predicted octanol–water partition coefficient (Wildman–Crippen LogP) is 2.36. The van der Waals surface area contributed by atoms with Crippen LogP contribution in [0.3, 0.4) is 0 Å². The molecular weight excluding hydrogens is 184 g/mol. The maximum Gasteiger partial charge on any atom is 0.508 e. The van der Waals surface area contributed by atoms with Crippen LogP contribution in [-0.2, 0) is 14.2 Å². The fourth-order valence-corrected chi connectivity index (χ4v) is 0.881. The van der Waals surface area contributed by atoms with Gasteiger partial charge < -0.3 is 14.2 Å². The molecule has 0 radical (unpaired) electrons. The van der Waals surface area contributed by atoms with Crippen molar-refractivity contribution in [1.82, 2.24) is 0 Å². The first-order valence-electron chi connectivity index (χ1n) is 5.06. The largest absolute Gasteiger partial charge is 0.508 e. The second-order valence-electron chi connectivity index (χ2n) is 3.03. The van der Waals surface area contributed by atoms with Gasteiger partial charge in [-0.05, 0) is 12.8 Å². The maximum atomic E-state index is 10.8. The van der Waals surface area contributed by atoms with Crippen LogP contribution in [0.25, 0.3) is 0 Å². The summed E-state index contributed by atoms with van der Waals surface area (Å²) >= 11 is 0. The molecule has 0 aliphatic carbocycles. The molecule has 4 nitrogen and oxygen atoms in total. The lowest BCUT2D eigenvalue weighted by Gasteiger charge is -2.14. The predicted molar refractivity (Wildman–Crippen MR) is 53.3 cm³/mol. The van der Waals surface area contributed by atoms with Gasteiger partial charge in [0.05, 0.1) is 13.7 Å². The van der Waals surface area contributed by atoms with Crippen molar-refractivity contribution in [3.05, 3.63) is 0 Å². The summed E-state index contributed by atoms with van der Waals surface area (Å²) in [5.74, 6) is 0. The van der Waals surface area contributed by atoms with E-state index in [2.05, 4.69) is 11.7 Å². The Hall–Kier alpha value is -0.770. The third-order valence-electron chi connectivity index (χ3n) is 1.83. The SMILES string of the molecule is CCCCOCC(CC)OC(=O)OC. The molecule has 0 aliphatic rings. The highest BCUT2D eigenvalue weighted by Gasteiger charge is 2.12. The Morgan fingerprint density at radius 1 is 1.36 bits per heavy atom. The van der Waals surface area contributed by atoms with Gasteiger partial charge in [0.2, 0.25) is 0 Å². The average molecular weight is 204 g/mol. The van der Waals surface area contributed by atoms with Gasteiger partial charge >= 0.3 is 6.16 Å². The zero-order chi connectivity index (χ0) is 10.8. The molecule has 0 fully saturated rings. The summed E-state index contributed by atoms with van der Waals surface area (Å²) in [6.45, 7) is 5.21. The Kier molecular flexibility index (Phi) is 8.33. The molecule has 0 saturated heterocycles. The fourth-order valence-electron chi connectivity index (χ4n) is 0.881. The van der Waals surface area contributed by atoms with Crippen molar-refractivity contribution in [2.45, 2.75) is 39.2 Å². The van der Waals surface area contributed by atoms with Gasteiger partial charge in [0.15, 0.2) is 0 Å². The topological polar surface area (TPSA) is 44.8 Å². The number of hydrogen-bond donors (Lipinski definition) is 0. The standard InChI is InChI=1S/C10H20O4/c1-4-6-7-13-8-9(5-2)14-10(11)12-3/h9H,4-8H2,1-3H3. The maximum absolute atomic E-state index is 10.8. The Bertz CT molecular complexity index is 147.